The summed E-state index contributed by atoms with van der Waals surface area (Å²) in [5, 5.41) is 9.50. The maximum Gasteiger partial charge on any atom is 0.307 e. The van der Waals surface area contributed by atoms with Crippen molar-refractivity contribution in [2.45, 2.75) is 52.0 Å². The fraction of sp³-hybridized carbons (Fsp3) is 0.933. The predicted molar refractivity (Wildman–Crippen MR) is 70.3 cm³/mol. The molecule has 2 aliphatic carbocycles. The first-order valence-electron chi connectivity index (χ1n) is 7.44. The Kier molecular flexibility index (Phi) is 2.58. The highest BCUT2D eigenvalue weighted by Gasteiger charge is 2.71. The highest BCUT2D eigenvalue weighted by molar-refractivity contribution is 5.73. The second kappa shape index (κ2) is 3.72. The Morgan fingerprint density at radius 3 is 2.61 bits per heavy atom. The SMILES string of the molecule is CCC(C)(CC)N1C[C@@H]2C[C@H]3C[C@@]3(C1)[C@@H]2C(=O)O. The van der Waals surface area contributed by atoms with E-state index >= 15 is 0 Å². The van der Waals surface area contributed by atoms with E-state index in [4.69, 9.17) is 0 Å². The van der Waals surface area contributed by atoms with E-state index in [9.17, 15) is 9.90 Å². The third kappa shape index (κ3) is 1.43. The Balaban J connectivity index is 1.85. The minimum atomic E-state index is -0.533. The molecule has 1 N–H and O–H groups in total. The summed E-state index contributed by atoms with van der Waals surface area (Å²) >= 11 is 0. The van der Waals surface area contributed by atoms with Crippen LogP contribution in [0.4, 0.5) is 0 Å². The smallest absolute Gasteiger partial charge is 0.307 e. The van der Waals surface area contributed by atoms with Crippen molar-refractivity contribution < 1.29 is 9.90 Å². The zero-order chi connectivity index (χ0) is 13.1. The predicted octanol–water partition coefficient (Wildman–Crippen LogP) is 2.61. The molecular weight excluding hydrogens is 226 g/mol. The van der Waals surface area contributed by atoms with Crippen molar-refractivity contribution in [2.24, 2.45) is 23.2 Å². The summed E-state index contributed by atoms with van der Waals surface area (Å²) in [6, 6.07) is 0. The summed E-state index contributed by atoms with van der Waals surface area (Å²) in [6.45, 7) is 8.91. The lowest BCUT2D eigenvalue weighted by atomic mass is 9.77. The van der Waals surface area contributed by atoms with Crippen molar-refractivity contribution in [3.8, 4) is 0 Å². The fourth-order valence-electron chi connectivity index (χ4n) is 4.80. The van der Waals surface area contributed by atoms with Crippen LogP contribution < -0.4 is 0 Å². The third-order valence-electron chi connectivity index (χ3n) is 6.45. The largest absolute Gasteiger partial charge is 0.481 e. The van der Waals surface area contributed by atoms with Crippen molar-refractivity contribution >= 4 is 5.97 Å². The molecule has 3 heteroatoms. The molecule has 1 aliphatic heterocycles. The molecule has 0 aromatic heterocycles. The summed E-state index contributed by atoms with van der Waals surface area (Å²) < 4.78 is 0. The van der Waals surface area contributed by atoms with E-state index in [1.807, 2.05) is 0 Å². The molecule has 3 nitrogen and oxygen atoms in total. The number of fused-ring (bicyclic) bond motifs is 1. The number of likely N-dealkylation sites (tertiary alicyclic amines) is 1. The Morgan fingerprint density at radius 1 is 1.44 bits per heavy atom. The standard InChI is InChI=1S/C15H25NO2/c1-4-14(3,5-2)16-8-10-6-11-7-15(11,9-16)12(10)13(17)18/h10-12H,4-9H2,1-3H3,(H,17,18)/t10-,11-,12-,15-/m0/s1. The molecule has 3 rings (SSSR count). The van der Waals surface area contributed by atoms with E-state index in [2.05, 4.69) is 25.7 Å². The number of nitrogens with zero attached hydrogens (tertiary/aromatic N) is 1. The Bertz CT molecular complexity index is 377. The van der Waals surface area contributed by atoms with Gasteiger partial charge in [-0.2, -0.15) is 0 Å². The van der Waals surface area contributed by atoms with Crippen molar-refractivity contribution in [3.05, 3.63) is 0 Å². The van der Waals surface area contributed by atoms with E-state index in [-0.39, 0.29) is 16.9 Å². The number of piperidine rings is 1. The van der Waals surface area contributed by atoms with Gasteiger partial charge in [0.05, 0.1) is 5.92 Å². The lowest BCUT2D eigenvalue weighted by molar-refractivity contribution is -0.150. The number of carbonyl (C=O) groups is 1. The topological polar surface area (TPSA) is 40.5 Å². The molecular formula is C15H25NO2. The number of hydrogen-bond donors (Lipinski definition) is 1. The van der Waals surface area contributed by atoms with Crippen molar-refractivity contribution in [2.75, 3.05) is 13.1 Å². The average Bonchev–Trinajstić information content (AvgIpc) is 2.94. The lowest BCUT2D eigenvalue weighted by Crippen LogP contribution is -2.56. The molecule has 0 unspecified atom stereocenters. The van der Waals surface area contributed by atoms with Crippen LogP contribution >= 0.6 is 0 Å². The van der Waals surface area contributed by atoms with Crippen LogP contribution in [0.5, 0.6) is 0 Å². The minimum Gasteiger partial charge on any atom is -0.481 e. The molecule has 18 heavy (non-hydrogen) atoms. The average molecular weight is 251 g/mol. The number of hydrogen-bond acceptors (Lipinski definition) is 2. The van der Waals surface area contributed by atoms with Gasteiger partial charge >= 0.3 is 5.97 Å². The van der Waals surface area contributed by atoms with Crippen molar-refractivity contribution in [3.63, 3.8) is 0 Å². The summed E-state index contributed by atoms with van der Waals surface area (Å²) in [6.07, 6.45) is 4.65. The zero-order valence-electron chi connectivity index (χ0n) is 11.8. The molecule has 2 saturated carbocycles. The van der Waals surface area contributed by atoms with Crippen LogP contribution in [0.25, 0.3) is 0 Å². The van der Waals surface area contributed by atoms with Gasteiger partial charge in [-0.3, -0.25) is 9.69 Å². The van der Waals surface area contributed by atoms with Gasteiger partial charge < -0.3 is 5.11 Å². The van der Waals surface area contributed by atoms with Crippen LogP contribution in [0.2, 0.25) is 0 Å². The van der Waals surface area contributed by atoms with Gasteiger partial charge in [0.2, 0.25) is 0 Å². The van der Waals surface area contributed by atoms with Crippen LogP contribution in [0.3, 0.4) is 0 Å². The molecule has 3 fully saturated rings. The quantitative estimate of drug-likeness (QED) is 0.835. The van der Waals surface area contributed by atoms with Gasteiger partial charge in [-0.15, -0.1) is 0 Å². The maximum absolute atomic E-state index is 11.5. The van der Waals surface area contributed by atoms with Crippen molar-refractivity contribution in [1.82, 2.24) is 4.90 Å². The minimum absolute atomic E-state index is 0.0447. The molecule has 1 spiro atoms. The monoisotopic (exact) mass is 251 g/mol. The number of carboxylic acids is 1. The molecule has 0 aromatic rings. The third-order valence-corrected chi connectivity index (χ3v) is 6.45. The fourth-order valence-corrected chi connectivity index (χ4v) is 4.80. The Morgan fingerprint density at radius 2 is 2.11 bits per heavy atom. The molecule has 1 saturated heterocycles. The summed E-state index contributed by atoms with van der Waals surface area (Å²) in [5.74, 6) is 0.546. The van der Waals surface area contributed by atoms with Gasteiger partial charge in [-0.25, -0.2) is 0 Å². The first-order chi connectivity index (χ1) is 8.47. The molecule has 4 atom stereocenters. The number of rotatable bonds is 4. The summed E-state index contributed by atoms with van der Waals surface area (Å²) in [7, 11) is 0. The van der Waals surface area contributed by atoms with E-state index < -0.39 is 5.97 Å². The van der Waals surface area contributed by atoms with Gasteiger partial charge in [0, 0.05) is 18.6 Å². The van der Waals surface area contributed by atoms with E-state index in [1.54, 1.807) is 0 Å². The van der Waals surface area contributed by atoms with Gasteiger partial charge in [0.1, 0.15) is 0 Å². The summed E-state index contributed by atoms with van der Waals surface area (Å²) in [4.78, 5) is 14.1. The van der Waals surface area contributed by atoms with Gasteiger partial charge in [-0.05, 0) is 49.9 Å². The maximum atomic E-state index is 11.5. The van der Waals surface area contributed by atoms with Gasteiger partial charge in [0.15, 0.2) is 0 Å². The van der Waals surface area contributed by atoms with Crippen LogP contribution in [0.15, 0.2) is 0 Å². The number of carboxylic acid groups (broad SMARTS) is 1. The zero-order valence-corrected chi connectivity index (χ0v) is 11.8. The molecule has 102 valence electrons. The van der Waals surface area contributed by atoms with E-state index in [1.165, 1.54) is 6.42 Å². The second-order valence-corrected chi connectivity index (χ2v) is 7.03. The Labute approximate surface area is 110 Å². The summed E-state index contributed by atoms with van der Waals surface area (Å²) in [5.41, 5.74) is 0.423. The van der Waals surface area contributed by atoms with E-state index in [0.717, 1.165) is 32.4 Å². The second-order valence-electron chi connectivity index (χ2n) is 7.03. The highest BCUT2D eigenvalue weighted by atomic mass is 16.4. The Hall–Kier alpha value is -0.570. The van der Waals surface area contributed by atoms with Crippen LogP contribution in [0.1, 0.15) is 46.5 Å². The molecule has 0 amide bonds. The first kappa shape index (κ1) is 12.5. The van der Waals surface area contributed by atoms with Gasteiger partial charge in [0.25, 0.3) is 0 Å². The molecule has 1 heterocycles. The molecule has 0 radical (unpaired) electrons. The van der Waals surface area contributed by atoms with Crippen molar-refractivity contribution in [1.29, 1.82) is 0 Å². The molecule has 2 bridgehead atoms. The molecule has 3 aliphatic rings. The van der Waals surface area contributed by atoms with E-state index in [0.29, 0.717) is 11.8 Å². The lowest BCUT2D eigenvalue weighted by Gasteiger charge is -2.48. The highest BCUT2D eigenvalue weighted by Crippen LogP contribution is 2.71. The van der Waals surface area contributed by atoms with Crippen LogP contribution in [0, 0.1) is 23.2 Å². The normalized spacial score (nSPS) is 42.7. The first-order valence-corrected chi connectivity index (χ1v) is 7.44. The number of aliphatic carboxylic acids is 1. The van der Waals surface area contributed by atoms with Crippen LogP contribution in [-0.4, -0.2) is 34.6 Å². The van der Waals surface area contributed by atoms with Crippen LogP contribution in [-0.2, 0) is 4.79 Å². The van der Waals surface area contributed by atoms with Gasteiger partial charge in [-0.1, -0.05) is 13.8 Å². The molecule has 0 aromatic carbocycles.